The summed E-state index contributed by atoms with van der Waals surface area (Å²) in [5.41, 5.74) is 6.79. The van der Waals surface area contributed by atoms with Crippen molar-refractivity contribution in [3.8, 4) is 0 Å². The van der Waals surface area contributed by atoms with E-state index in [-0.39, 0.29) is 0 Å². The molecule has 5 nitrogen and oxygen atoms in total. The Hall–Kier alpha value is -2.27. The SMILES string of the molecule is Cc1cc(C[C@H]2CCCN(C(C)c3cnc4nc(C)[nH]c4c3)C2)cc(C)n1. The molecular weight excluding hydrogens is 334 g/mol. The monoisotopic (exact) mass is 363 g/mol. The normalized spacial score (nSPS) is 19.5. The molecule has 2 atom stereocenters. The molecule has 0 spiro atoms. The number of fused-ring (bicyclic) bond motifs is 1. The molecule has 0 radical (unpaired) electrons. The second-order valence-electron chi connectivity index (χ2n) is 8.10. The Labute approximate surface area is 161 Å². The molecule has 1 aliphatic rings. The minimum absolute atomic E-state index is 0.370. The second kappa shape index (κ2) is 7.39. The van der Waals surface area contributed by atoms with Crippen LogP contribution in [-0.4, -0.2) is 37.9 Å². The molecule has 3 aromatic rings. The van der Waals surface area contributed by atoms with Crippen LogP contribution in [0.5, 0.6) is 0 Å². The van der Waals surface area contributed by atoms with Crippen LogP contribution in [0.3, 0.4) is 0 Å². The lowest BCUT2D eigenvalue weighted by Gasteiger charge is -2.37. The van der Waals surface area contributed by atoms with Crippen molar-refractivity contribution in [3.05, 3.63) is 52.7 Å². The highest BCUT2D eigenvalue weighted by Crippen LogP contribution is 2.29. The van der Waals surface area contributed by atoms with E-state index >= 15 is 0 Å². The number of nitrogens with zero attached hydrogens (tertiary/aromatic N) is 4. The Bertz CT molecular complexity index is 925. The van der Waals surface area contributed by atoms with Crippen LogP contribution < -0.4 is 0 Å². The van der Waals surface area contributed by atoms with Gasteiger partial charge in [-0.3, -0.25) is 9.88 Å². The van der Waals surface area contributed by atoms with Gasteiger partial charge in [0.1, 0.15) is 5.82 Å². The van der Waals surface area contributed by atoms with E-state index in [4.69, 9.17) is 0 Å². The molecule has 0 aliphatic carbocycles. The molecule has 0 saturated carbocycles. The third-order valence-electron chi connectivity index (χ3n) is 5.72. The second-order valence-corrected chi connectivity index (χ2v) is 8.10. The lowest BCUT2D eigenvalue weighted by molar-refractivity contribution is 0.131. The first-order valence-corrected chi connectivity index (χ1v) is 9.98. The van der Waals surface area contributed by atoms with Gasteiger partial charge in [-0.25, -0.2) is 9.97 Å². The van der Waals surface area contributed by atoms with Crippen molar-refractivity contribution >= 4 is 11.2 Å². The summed E-state index contributed by atoms with van der Waals surface area (Å²) < 4.78 is 0. The van der Waals surface area contributed by atoms with Crippen molar-refractivity contribution in [1.29, 1.82) is 0 Å². The summed E-state index contributed by atoms with van der Waals surface area (Å²) in [5.74, 6) is 1.62. The Kier molecular flexibility index (Phi) is 4.96. The van der Waals surface area contributed by atoms with Crippen molar-refractivity contribution in [2.75, 3.05) is 13.1 Å². The van der Waals surface area contributed by atoms with Crippen LogP contribution in [0, 0.1) is 26.7 Å². The van der Waals surface area contributed by atoms with Crippen LogP contribution in [0.2, 0.25) is 0 Å². The summed E-state index contributed by atoms with van der Waals surface area (Å²) in [7, 11) is 0. The molecule has 1 saturated heterocycles. The molecule has 0 aromatic carbocycles. The van der Waals surface area contributed by atoms with Gasteiger partial charge < -0.3 is 4.98 Å². The number of hydrogen-bond acceptors (Lipinski definition) is 4. The number of aryl methyl sites for hydroxylation is 3. The molecule has 0 amide bonds. The summed E-state index contributed by atoms with van der Waals surface area (Å²) in [4.78, 5) is 19.4. The number of H-pyrrole nitrogens is 1. The molecule has 4 heterocycles. The predicted octanol–water partition coefficient (Wildman–Crippen LogP) is 4.29. The van der Waals surface area contributed by atoms with E-state index in [2.05, 4.69) is 63.8 Å². The maximum absolute atomic E-state index is 4.55. The topological polar surface area (TPSA) is 57.7 Å². The molecule has 27 heavy (non-hydrogen) atoms. The summed E-state index contributed by atoms with van der Waals surface area (Å²) in [5, 5.41) is 0. The van der Waals surface area contributed by atoms with Gasteiger partial charge in [-0.15, -0.1) is 0 Å². The van der Waals surface area contributed by atoms with Crippen LogP contribution in [0.25, 0.3) is 11.2 Å². The zero-order valence-corrected chi connectivity index (χ0v) is 16.8. The predicted molar refractivity (Wildman–Crippen MR) is 109 cm³/mol. The average Bonchev–Trinajstić information content (AvgIpc) is 2.99. The molecule has 5 heteroatoms. The van der Waals surface area contributed by atoms with E-state index in [1.165, 1.54) is 24.0 Å². The maximum Gasteiger partial charge on any atom is 0.177 e. The van der Waals surface area contributed by atoms with Crippen LogP contribution in [-0.2, 0) is 6.42 Å². The highest BCUT2D eigenvalue weighted by atomic mass is 15.2. The molecule has 3 aromatic heterocycles. The highest BCUT2D eigenvalue weighted by Gasteiger charge is 2.25. The fourth-order valence-electron chi connectivity index (χ4n) is 4.46. The smallest absolute Gasteiger partial charge is 0.177 e. The van der Waals surface area contributed by atoms with Gasteiger partial charge in [0.05, 0.1) is 5.52 Å². The minimum Gasteiger partial charge on any atom is -0.341 e. The number of aromatic amines is 1. The summed E-state index contributed by atoms with van der Waals surface area (Å²) >= 11 is 0. The van der Waals surface area contributed by atoms with Crippen LogP contribution in [0.1, 0.15) is 54.1 Å². The number of aromatic nitrogens is 4. The van der Waals surface area contributed by atoms with Gasteiger partial charge in [-0.1, -0.05) is 0 Å². The molecule has 1 unspecified atom stereocenters. The average molecular weight is 364 g/mol. The first kappa shape index (κ1) is 18.1. The number of pyridine rings is 2. The van der Waals surface area contributed by atoms with Crippen LogP contribution in [0.15, 0.2) is 24.4 Å². The third kappa shape index (κ3) is 4.03. The number of nitrogens with one attached hydrogen (secondary N) is 1. The Morgan fingerprint density at radius 1 is 1.15 bits per heavy atom. The van der Waals surface area contributed by atoms with Crippen molar-refractivity contribution in [3.63, 3.8) is 0 Å². The standard InChI is InChI=1S/C22H29N5/c1-14-8-19(9-15(2)24-14)10-18-6-5-7-27(13-18)16(3)20-11-21-22(23-12-20)26-17(4)25-21/h8-9,11-12,16,18H,5-7,10,13H2,1-4H3,(H,23,25,26)/t16?,18-/m1/s1. The molecular formula is C22H29N5. The molecule has 1 aliphatic heterocycles. The van der Waals surface area contributed by atoms with Crippen molar-refractivity contribution < 1.29 is 0 Å². The third-order valence-corrected chi connectivity index (χ3v) is 5.72. The lowest BCUT2D eigenvalue weighted by atomic mass is 9.90. The summed E-state index contributed by atoms with van der Waals surface area (Å²) in [6, 6.07) is 7.07. The first-order chi connectivity index (χ1) is 13.0. The van der Waals surface area contributed by atoms with E-state index in [0.29, 0.717) is 12.0 Å². The van der Waals surface area contributed by atoms with E-state index < -0.39 is 0 Å². The Morgan fingerprint density at radius 3 is 2.70 bits per heavy atom. The fourth-order valence-corrected chi connectivity index (χ4v) is 4.46. The quantitative estimate of drug-likeness (QED) is 0.751. The van der Waals surface area contributed by atoms with Gasteiger partial charge in [0.2, 0.25) is 0 Å². The first-order valence-electron chi connectivity index (χ1n) is 9.98. The number of imidazole rings is 1. The molecule has 142 valence electrons. The Morgan fingerprint density at radius 2 is 1.93 bits per heavy atom. The van der Waals surface area contributed by atoms with Gasteiger partial charge in [0.15, 0.2) is 5.65 Å². The van der Waals surface area contributed by atoms with Gasteiger partial charge in [-0.05, 0) is 88.7 Å². The van der Waals surface area contributed by atoms with Gasteiger partial charge in [-0.2, -0.15) is 0 Å². The van der Waals surface area contributed by atoms with Gasteiger partial charge >= 0.3 is 0 Å². The number of hydrogen-bond donors (Lipinski definition) is 1. The van der Waals surface area contributed by atoms with Crippen molar-refractivity contribution in [2.45, 2.75) is 53.0 Å². The number of piperidine rings is 1. The number of rotatable bonds is 4. The summed E-state index contributed by atoms with van der Waals surface area (Å²) in [6.45, 7) is 10.8. The molecule has 4 rings (SSSR count). The minimum atomic E-state index is 0.370. The van der Waals surface area contributed by atoms with E-state index in [0.717, 1.165) is 47.9 Å². The van der Waals surface area contributed by atoms with Gasteiger partial charge in [0.25, 0.3) is 0 Å². The highest BCUT2D eigenvalue weighted by molar-refractivity contribution is 5.71. The van der Waals surface area contributed by atoms with E-state index in [1.807, 2.05) is 13.1 Å². The van der Waals surface area contributed by atoms with Gasteiger partial charge in [0, 0.05) is 30.2 Å². The van der Waals surface area contributed by atoms with Crippen LogP contribution in [0.4, 0.5) is 0 Å². The summed E-state index contributed by atoms with van der Waals surface area (Å²) in [6.07, 6.45) is 5.70. The Balaban J connectivity index is 1.47. The lowest BCUT2D eigenvalue weighted by Crippen LogP contribution is -2.38. The van der Waals surface area contributed by atoms with E-state index in [9.17, 15) is 0 Å². The van der Waals surface area contributed by atoms with E-state index in [1.54, 1.807) is 0 Å². The van der Waals surface area contributed by atoms with Crippen molar-refractivity contribution in [2.24, 2.45) is 5.92 Å². The number of likely N-dealkylation sites (tertiary alicyclic amines) is 1. The largest absolute Gasteiger partial charge is 0.341 e. The molecule has 1 fully saturated rings. The molecule has 1 N–H and O–H groups in total. The zero-order valence-electron chi connectivity index (χ0n) is 16.8. The van der Waals surface area contributed by atoms with Crippen LogP contribution >= 0.6 is 0 Å². The molecule has 0 bridgehead atoms. The maximum atomic E-state index is 4.55. The fraction of sp³-hybridized carbons (Fsp3) is 0.500. The van der Waals surface area contributed by atoms with Crippen molar-refractivity contribution in [1.82, 2.24) is 24.8 Å². The zero-order chi connectivity index (χ0) is 19.0.